The second-order valence-electron chi connectivity index (χ2n) is 5.93. The number of carbonyl (C=O) groups excluding carboxylic acids is 1. The van der Waals surface area contributed by atoms with Gasteiger partial charge >= 0.3 is 0 Å². The van der Waals surface area contributed by atoms with Crippen molar-refractivity contribution >= 4 is 11.6 Å². The summed E-state index contributed by atoms with van der Waals surface area (Å²) in [5.41, 5.74) is 1.59. The van der Waals surface area contributed by atoms with Crippen molar-refractivity contribution in [3.05, 3.63) is 99.5 Å². The molecule has 1 aromatic heterocycles. The number of nitro groups is 1. The van der Waals surface area contributed by atoms with Crippen LogP contribution in [0.2, 0.25) is 0 Å². The molecular formula is C20H18N2O4. The van der Waals surface area contributed by atoms with Crippen molar-refractivity contribution < 1.29 is 14.1 Å². The third kappa shape index (κ3) is 3.80. The molecule has 0 spiro atoms. The van der Waals surface area contributed by atoms with Crippen LogP contribution in [0.25, 0.3) is 0 Å². The summed E-state index contributed by atoms with van der Waals surface area (Å²) in [6.07, 6.45) is 1.55. The summed E-state index contributed by atoms with van der Waals surface area (Å²) in [5, 5.41) is 11.2. The lowest BCUT2D eigenvalue weighted by Crippen LogP contribution is -2.30. The first kappa shape index (κ1) is 17.4. The molecule has 0 unspecified atom stereocenters. The van der Waals surface area contributed by atoms with E-state index >= 15 is 0 Å². The fraction of sp³-hybridized carbons (Fsp3) is 0.150. The van der Waals surface area contributed by atoms with E-state index in [4.69, 9.17) is 4.42 Å². The molecule has 2 aromatic carbocycles. The van der Waals surface area contributed by atoms with Gasteiger partial charge in [-0.1, -0.05) is 36.4 Å². The van der Waals surface area contributed by atoms with Crippen LogP contribution < -0.4 is 0 Å². The van der Waals surface area contributed by atoms with Gasteiger partial charge in [-0.3, -0.25) is 14.9 Å². The molecule has 1 heterocycles. The summed E-state index contributed by atoms with van der Waals surface area (Å²) >= 11 is 0. The van der Waals surface area contributed by atoms with Crippen LogP contribution in [0.4, 0.5) is 5.69 Å². The van der Waals surface area contributed by atoms with Crippen LogP contribution in [0.15, 0.2) is 71.3 Å². The van der Waals surface area contributed by atoms with Gasteiger partial charge in [-0.2, -0.15) is 0 Å². The predicted octanol–water partition coefficient (Wildman–Crippen LogP) is 4.34. The highest BCUT2D eigenvalue weighted by Crippen LogP contribution is 2.24. The number of hydrogen-bond acceptors (Lipinski definition) is 4. The quantitative estimate of drug-likeness (QED) is 0.489. The third-order valence-electron chi connectivity index (χ3n) is 4.16. The summed E-state index contributed by atoms with van der Waals surface area (Å²) in [7, 11) is 0. The second-order valence-corrected chi connectivity index (χ2v) is 5.93. The number of carbonyl (C=O) groups is 1. The summed E-state index contributed by atoms with van der Waals surface area (Å²) in [4.78, 5) is 25.5. The summed E-state index contributed by atoms with van der Waals surface area (Å²) in [5.74, 6) is 0.379. The molecule has 0 aliphatic carbocycles. The number of furan rings is 1. The Morgan fingerprint density at radius 3 is 2.46 bits per heavy atom. The Bertz CT molecular complexity index is 905. The predicted molar refractivity (Wildman–Crippen MR) is 96.6 cm³/mol. The van der Waals surface area contributed by atoms with Gasteiger partial charge in [0.2, 0.25) is 0 Å². The summed E-state index contributed by atoms with van der Waals surface area (Å²) in [6, 6.07) is 17.7. The zero-order chi connectivity index (χ0) is 18.5. The lowest BCUT2D eigenvalue weighted by Gasteiger charge is -2.23. The van der Waals surface area contributed by atoms with Gasteiger partial charge in [0.1, 0.15) is 5.76 Å². The van der Waals surface area contributed by atoms with Gasteiger partial charge in [0.05, 0.1) is 17.7 Å². The Morgan fingerprint density at radius 2 is 1.81 bits per heavy atom. The van der Waals surface area contributed by atoms with E-state index in [1.54, 1.807) is 36.3 Å². The molecule has 0 atom stereocenters. The smallest absolute Gasteiger partial charge is 0.273 e. The molecule has 0 radical (unpaired) electrons. The van der Waals surface area contributed by atoms with Crippen molar-refractivity contribution in [3.63, 3.8) is 0 Å². The largest absolute Gasteiger partial charge is 0.467 e. The minimum Gasteiger partial charge on any atom is -0.467 e. The number of amides is 1. The number of benzene rings is 2. The number of rotatable bonds is 6. The third-order valence-corrected chi connectivity index (χ3v) is 4.16. The van der Waals surface area contributed by atoms with E-state index < -0.39 is 4.92 Å². The lowest BCUT2D eigenvalue weighted by atomic mass is 10.0. The Morgan fingerprint density at radius 1 is 1.04 bits per heavy atom. The topological polar surface area (TPSA) is 76.6 Å². The maximum atomic E-state index is 13.1. The highest BCUT2D eigenvalue weighted by atomic mass is 16.6. The van der Waals surface area contributed by atoms with Crippen molar-refractivity contribution in [1.29, 1.82) is 0 Å². The van der Waals surface area contributed by atoms with Gasteiger partial charge in [-0.15, -0.1) is 0 Å². The van der Waals surface area contributed by atoms with Crippen LogP contribution in [0.3, 0.4) is 0 Å². The van der Waals surface area contributed by atoms with Crippen LogP contribution in [0.1, 0.15) is 27.2 Å². The zero-order valence-corrected chi connectivity index (χ0v) is 14.3. The molecule has 0 aliphatic heterocycles. The molecule has 0 N–H and O–H groups in total. The van der Waals surface area contributed by atoms with E-state index in [-0.39, 0.29) is 18.1 Å². The van der Waals surface area contributed by atoms with E-state index in [0.717, 1.165) is 5.56 Å². The van der Waals surface area contributed by atoms with Gasteiger partial charge in [0.25, 0.3) is 11.6 Å². The lowest BCUT2D eigenvalue weighted by molar-refractivity contribution is -0.385. The van der Waals surface area contributed by atoms with Crippen LogP contribution in [0.5, 0.6) is 0 Å². The molecule has 1 amide bonds. The first-order valence-corrected chi connectivity index (χ1v) is 8.16. The fourth-order valence-electron chi connectivity index (χ4n) is 2.82. The molecule has 6 nitrogen and oxygen atoms in total. The second kappa shape index (κ2) is 7.65. The monoisotopic (exact) mass is 350 g/mol. The first-order chi connectivity index (χ1) is 12.6. The van der Waals surface area contributed by atoms with Crippen LogP contribution in [-0.2, 0) is 13.1 Å². The zero-order valence-electron chi connectivity index (χ0n) is 14.3. The maximum Gasteiger partial charge on any atom is 0.273 e. The average Bonchev–Trinajstić information content (AvgIpc) is 3.14. The highest BCUT2D eigenvalue weighted by Gasteiger charge is 2.23. The van der Waals surface area contributed by atoms with Crippen LogP contribution >= 0.6 is 0 Å². The van der Waals surface area contributed by atoms with Crippen molar-refractivity contribution in [2.75, 3.05) is 0 Å². The van der Waals surface area contributed by atoms with E-state index in [9.17, 15) is 14.9 Å². The minimum atomic E-state index is -0.472. The molecular weight excluding hydrogens is 332 g/mol. The Kier molecular flexibility index (Phi) is 5.12. The molecule has 3 rings (SSSR count). The molecule has 0 bridgehead atoms. The Labute approximate surface area is 150 Å². The van der Waals surface area contributed by atoms with Crippen molar-refractivity contribution in [2.45, 2.75) is 20.0 Å². The molecule has 132 valence electrons. The van der Waals surface area contributed by atoms with Crippen LogP contribution in [0, 0.1) is 17.0 Å². The van der Waals surface area contributed by atoms with Gasteiger partial charge in [-0.25, -0.2) is 0 Å². The van der Waals surface area contributed by atoms with E-state index in [2.05, 4.69) is 0 Å². The first-order valence-electron chi connectivity index (χ1n) is 8.16. The van der Waals surface area contributed by atoms with E-state index in [1.807, 2.05) is 30.3 Å². The molecule has 6 heteroatoms. The molecule has 0 fully saturated rings. The normalized spacial score (nSPS) is 10.5. The Hall–Kier alpha value is -3.41. The molecule has 3 aromatic rings. The van der Waals surface area contributed by atoms with E-state index in [0.29, 0.717) is 23.4 Å². The molecule has 0 saturated carbocycles. The van der Waals surface area contributed by atoms with Crippen molar-refractivity contribution in [3.8, 4) is 0 Å². The fourth-order valence-corrected chi connectivity index (χ4v) is 2.82. The molecule has 26 heavy (non-hydrogen) atoms. The SMILES string of the molecule is Cc1c(C(=O)N(Cc2ccccc2)Cc2ccco2)cccc1[N+](=O)[O-]. The van der Waals surface area contributed by atoms with Gasteiger partial charge in [0, 0.05) is 23.7 Å². The summed E-state index contributed by atoms with van der Waals surface area (Å²) < 4.78 is 5.38. The summed E-state index contributed by atoms with van der Waals surface area (Å²) in [6.45, 7) is 2.25. The van der Waals surface area contributed by atoms with Gasteiger partial charge in [0.15, 0.2) is 0 Å². The number of nitro benzene ring substituents is 1. The van der Waals surface area contributed by atoms with Crippen LogP contribution in [-0.4, -0.2) is 15.7 Å². The number of hydrogen-bond donors (Lipinski definition) is 0. The van der Waals surface area contributed by atoms with Crippen molar-refractivity contribution in [1.82, 2.24) is 4.90 Å². The average molecular weight is 350 g/mol. The molecule has 0 saturated heterocycles. The highest BCUT2D eigenvalue weighted by molar-refractivity contribution is 5.96. The molecule has 0 aliphatic rings. The minimum absolute atomic E-state index is 0.0616. The Balaban J connectivity index is 1.94. The standard InChI is InChI=1S/C20H18N2O4/c1-15-18(10-5-11-19(15)22(24)25)20(23)21(14-17-9-6-12-26-17)13-16-7-3-2-4-8-16/h2-12H,13-14H2,1H3. The van der Waals surface area contributed by atoms with E-state index in [1.165, 1.54) is 12.1 Å². The van der Waals surface area contributed by atoms with Gasteiger partial charge < -0.3 is 9.32 Å². The maximum absolute atomic E-state index is 13.1. The van der Waals surface area contributed by atoms with Crippen molar-refractivity contribution in [2.24, 2.45) is 0 Å². The van der Waals surface area contributed by atoms with Gasteiger partial charge in [-0.05, 0) is 30.7 Å². The number of nitrogens with zero attached hydrogens (tertiary/aromatic N) is 2.